The van der Waals surface area contributed by atoms with Crippen molar-refractivity contribution in [2.75, 3.05) is 26.2 Å². The minimum absolute atomic E-state index is 0.398. The number of halogens is 1. The van der Waals surface area contributed by atoms with Gasteiger partial charge in [0.2, 0.25) is 0 Å². The van der Waals surface area contributed by atoms with Gasteiger partial charge in [-0.3, -0.25) is 0 Å². The molecule has 2 N–H and O–H groups in total. The number of ether oxygens (including phenoxy) is 1. The Labute approximate surface area is 127 Å². The van der Waals surface area contributed by atoms with Crippen molar-refractivity contribution in [1.29, 1.82) is 0 Å². The number of rotatable bonds is 6. The van der Waals surface area contributed by atoms with Gasteiger partial charge in [-0.25, -0.2) is 0 Å². The molecule has 1 aliphatic heterocycles. The maximum absolute atomic E-state index is 6.11. The van der Waals surface area contributed by atoms with Gasteiger partial charge in [0, 0.05) is 18.5 Å². The van der Waals surface area contributed by atoms with Crippen LogP contribution in [0.25, 0.3) is 0 Å². The van der Waals surface area contributed by atoms with Crippen LogP contribution in [0.3, 0.4) is 0 Å². The fraction of sp³-hybridized carbons (Fsp3) is 0.625. The highest BCUT2D eigenvalue weighted by Gasteiger charge is 2.30. The highest BCUT2D eigenvalue weighted by atomic mass is 35.5. The predicted octanol–water partition coefficient (Wildman–Crippen LogP) is 3.02. The minimum atomic E-state index is 0.398. The normalized spacial score (nSPS) is 21.4. The van der Waals surface area contributed by atoms with E-state index in [0.717, 1.165) is 12.3 Å². The molecule has 2 unspecified atom stereocenters. The van der Waals surface area contributed by atoms with Crippen LogP contribution >= 0.6 is 11.6 Å². The molecule has 0 spiro atoms. The van der Waals surface area contributed by atoms with Gasteiger partial charge in [-0.2, -0.15) is 0 Å². The lowest BCUT2D eigenvalue weighted by atomic mass is 9.92. The first-order valence-electron chi connectivity index (χ1n) is 7.43. The molecule has 2 rings (SSSR count). The first kappa shape index (κ1) is 15.6. The molecule has 1 aromatic rings. The van der Waals surface area contributed by atoms with Gasteiger partial charge < -0.3 is 15.4 Å². The molecule has 1 fully saturated rings. The number of nitrogens with zero attached hydrogens (tertiary/aromatic N) is 1. The summed E-state index contributed by atoms with van der Waals surface area (Å²) in [4.78, 5) is 2.52. The summed E-state index contributed by atoms with van der Waals surface area (Å²) in [6.07, 6.45) is 1.21. The second-order valence-corrected chi connectivity index (χ2v) is 6.28. The molecular weight excluding hydrogens is 272 g/mol. The lowest BCUT2D eigenvalue weighted by molar-refractivity contribution is 0.188. The summed E-state index contributed by atoms with van der Waals surface area (Å²) in [6, 6.07) is 8.22. The number of para-hydroxylation sites is 1. The zero-order valence-electron chi connectivity index (χ0n) is 12.4. The third-order valence-corrected chi connectivity index (χ3v) is 4.56. The SMILES string of the molecule is CC(C)N1CCC(C(CN)COc2ccccc2Cl)C1. The molecular formula is C16H25ClN2O. The minimum Gasteiger partial charge on any atom is -0.492 e. The van der Waals surface area contributed by atoms with Gasteiger partial charge >= 0.3 is 0 Å². The van der Waals surface area contributed by atoms with Crippen molar-refractivity contribution in [2.24, 2.45) is 17.6 Å². The Kier molecular flexibility index (Phi) is 5.70. The molecule has 2 atom stereocenters. The Bertz CT molecular complexity index is 425. The molecule has 1 aromatic carbocycles. The molecule has 1 saturated heterocycles. The molecule has 0 radical (unpaired) electrons. The number of nitrogens with two attached hydrogens (primary N) is 1. The Morgan fingerprint density at radius 1 is 1.40 bits per heavy atom. The number of hydrogen-bond donors (Lipinski definition) is 1. The first-order chi connectivity index (χ1) is 9.61. The third-order valence-electron chi connectivity index (χ3n) is 4.25. The fourth-order valence-corrected chi connectivity index (χ4v) is 3.01. The topological polar surface area (TPSA) is 38.5 Å². The van der Waals surface area contributed by atoms with Gasteiger partial charge in [0.15, 0.2) is 0 Å². The van der Waals surface area contributed by atoms with Crippen LogP contribution in [0.5, 0.6) is 5.75 Å². The van der Waals surface area contributed by atoms with Crippen molar-refractivity contribution in [1.82, 2.24) is 4.90 Å². The van der Waals surface area contributed by atoms with Crippen LogP contribution in [0.1, 0.15) is 20.3 Å². The molecule has 0 aromatic heterocycles. The second kappa shape index (κ2) is 7.30. The molecule has 4 heteroatoms. The maximum Gasteiger partial charge on any atom is 0.137 e. The van der Waals surface area contributed by atoms with Crippen molar-refractivity contribution < 1.29 is 4.74 Å². The summed E-state index contributed by atoms with van der Waals surface area (Å²) in [7, 11) is 0. The first-order valence-corrected chi connectivity index (χ1v) is 7.81. The zero-order chi connectivity index (χ0) is 14.5. The lowest BCUT2D eigenvalue weighted by Crippen LogP contribution is -2.33. The Morgan fingerprint density at radius 3 is 2.75 bits per heavy atom. The third kappa shape index (κ3) is 3.87. The van der Waals surface area contributed by atoms with E-state index in [1.54, 1.807) is 0 Å². The van der Waals surface area contributed by atoms with Crippen LogP contribution in [0.2, 0.25) is 5.02 Å². The Morgan fingerprint density at radius 2 is 2.15 bits per heavy atom. The summed E-state index contributed by atoms with van der Waals surface area (Å²) in [6.45, 7) is 8.12. The number of hydrogen-bond acceptors (Lipinski definition) is 3. The average molecular weight is 297 g/mol. The van der Waals surface area contributed by atoms with Crippen LogP contribution in [0.4, 0.5) is 0 Å². The highest BCUT2D eigenvalue weighted by molar-refractivity contribution is 6.32. The van der Waals surface area contributed by atoms with Gasteiger partial charge in [-0.15, -0.1) is 0 Å². The van der Waals surface area contributed by atoms with E-state index in [2.05, 4.69) is 18.7 Å². The average Bonchev–Trinajstić information content (AvgIpc) is 2.91. The lowest BCUT2D eigenvalue weighted by Gasteiger charge is -2.24. The monoisotopic (exact) mass is 296 g/mol. The van der Waals surface area contributed by atoms with Crippen LogP contribution in [0, 0.1) is 11.8 Å². The van der Waals surface area contributed by atoms with Gasteiger partial charge in [0.25, 0.3) is 0 Å². The fourth-order valence-electron chi connectivity index (χ4n) is 2.82. The predicted molar refractivity (Wildman–Crippen MR) is 84.3 cm³/mol. The smallest absolute Gasteiger partial charge is 0.137 e. The van der Waals surface area contributed by atoms with Crippen molar-refractivity contribution >= 4 is 11.6 Å². The van der Waals surface area contributed by atoms with E-state index >= 15 is 0 Å². The van der Waals surface area contributed by atoms with E-state index in [1.807, 2.05) is 24.3 Å². The molecule has 1 heterocycles. The highest BCUT2D eigenvalue weighted by Crippen LogP contribution is 2.28. The van der Waals surface area contributed by atoms with Crippen LogP contribution < -0.4 is 10.5 Å². The van der Waals surface area contributed by atoms with E-state index in [9.17, 15) is 0 Å². The molecule has 0 aliphatic carbocycles. The zero-order valence-corrected chi connectivity index (χ0v) is 13.1. The van der Waals surface area contributed by atoms with Crippen molar-refractivity contribution in [3.05, 3.63) is 29.3 Å². The molecule has 3 nitrogen and oxygen atoms in total. The molecule has 112 valence electrons. The summed E-state index contributed by atoms with van der Waals surface area (Å²) in [5.74, 6) is 1.78. The standard InChI is InChI=1S/C16H25ClN2O/c1-12(2)19-8-7-13(10-19)14(9-18)11-20-16-6-4-3-5-15(16)17/h3-6,12-14H,7-11,18H2,1-2H3. The van der Waals surface area contributed by atoms with Gasteiger partial charge in [-0.05, 0) is 51.4 Å². The van der Waals surface area contributed by atoms with Crippen LogP contribution in [0.15, 0.2) is 24.3 Å². The second-order valence-electron chi connectivity index (χ2n) is 5.87. The van der Waals surface area contributed by atoms with Crippen LogP contribution in [-0.4, -0.2) is 37.2 Å². The quantitative estimate of drug-likeness (QED) is 0.877. The Hall–Kier alpha value is -0.770. The summed E-state index contributed by atoms with van der Waals surface area (Å²) in [5, 5.41) is 0.665. The van der Waals surface area contributed by atoms with Gasteiger partial charge in [0.1, 0.15) is 5.75 Å². The van der Waals surface area contributed by atoms with E-state index in [0.29, 0.717) is 36.1 Å². The molecule has 1 aliphatic rings. The molecule has 0 saturated carbocycles. The summed E-state index contributed by atoms with van der Waals surface area (Å²) in [5.41, 5.74) is 5.94. The van der Waals surface area contributed by atoms with E-state index < -0.39 is 0 Å². The van der Waals surface area contributed by atoms with Crippen molar-refractivity contribution in [3.8, 4) is 5.75 Å². The van der Waals surface area contributed by atoms with E-state index in [-0.39, 0.29) is 0 Å². The van der Waals surface area contributed by atoms with Crippen molar-refractivity contribution in [2.45, 2.75) is 26.3 Å². The number of likely N-dealkylation sites (tertiary alicyclic amines) is 1. The Balaban J connectivity index is 1.89. The largest absolute Gasteiger partial charge is 0.492 e. The van der Waals surface area contributed by atoms with Gasteiger partial charge in [-0.1, -0.05) is 23.7 Å². The molecule has 0 bridgehead atoms. The molecule has 0 amide bonds. The van der Waals surface area contributed by atoms with Crippen LogP contribution in [-0.2, 0) is 0 Å². The summed E-state index contributed by atoms with van der Waals surface area (Å²) < 4.78 is 5.87. The van der Waals surface area contributed by atoms with Gasteiger partial charge in [0.05, 0.1) is 11.6 Å². The van der Waals surface area contributed by atoms with E-state index in [1.165, 1.54) is 13.0 Å². The number of benzene rings is 1. The maximum atomic E-state index is 6.11. The van der Waals surface area contributed by atoms with Crippen molar-refractivity contribution in [3.63, 3.8) is 0 Å². The summed E-state index contributed by atoms with van der Waals surface area (Å²) >= 11 is 6.11. The van der Waals surface area contributed by atoms with E-state index in [4.69, 9.17) is 22.1 Å². The molecule has 20 heavy (non-hydrogen) atoms.